The van der Waals surface area contributed by atoms with E-state index in [0.717, 1.165) is 6.54 Å². The van der Waals surface area contributed by atoms with Gasteiger partial charge in [-0.3, -0.25) is 0 Å². The third-order valence-electron chi connectivity index (χ3n) is 3.74. The van der Waals surface area contributed by atoms with Gasteiger partial charge in [-0.1, -0.05) is 40.0 Å². The minimum Gasteiger partial charge on any atom is -0.337 e. The quantitative estimate of drug-likeness (QED) is 0.642. The zero-order chi connectivity index (χ0) is 11.9. The molecule has 1 heterocycles. The molecule has 92 valence electrons. The smallest absolute Gasteiger partial charge is 0.0945 e. The van der Waals surface area contributed by atoms with Crippen LogP contribution >= 0.6 is 0 Å². The molecule has 1 aromatic heterocycles. The number of hydrogen-bond acceptors (Lipinski definition) is 1. The number of unbranched alkanes of at least 4 members (excludes halogenated alkanes) is 1. The van der Waals surface area contributed by atoms with Crippen molar-refractivity contribution in [1.29, 1.82) is 0 Å². The van der Waals surface area contributed by atoms with Gasteiger partial charge in [0.25, 0.3) is 0 Å². The van der Waals surface area contributed by atoms with E-state index in [9.17, 15) is 0 Å². The van der Waals surface area contributed by atoms with E-state index < -0.39 is 0 Å². The molecule has 1 rings (SSSR count). The first-order valence-corrected chi connectivity index (χ1v) is 6.66. The van der Waals surface area contributed by atoms with Crippen LogP contribution in [0, 0.1) is 5.41 Å². The van der Waals surface area contributed by atoms with E-state index in [0.29, 0.717) is 5.41 Å². The predicted octanol–water partition coefficient (Wildman–Crippen LogP) is 4.27. The van der Waals surface area contributed by atoms with Gasteiger partial charge in [0.15, 0.2) is 0 Å². The fourth-order valence-electron chi connectivity index (χ4n) is 2.19. The zero-order valence-corrected chi connectivity index (χ0v) is 11.1. The molecule has 1 atom stereocenters. The number of imidazole rings is 1. The minimum absolute atomic E-state index is 0.552. The van der Waals surface area contributed by atoms with Crippen LogP contribution in [-0.4, -0.2) is 9.55 Å². The summed E-state index contributed by atoms with van der Waals surface area (Å²) in [5.74, 6) is 0. The highest BCUT2D eigenvalue weighted by Crippen LogP contribution is 2.33. The van der Waals surface area contributed by atoms with Gasteiger partial charge in [0.2, 0.25) is 0 Å². The Balaban J connectivity index is 2.27. The van der Waals surface area contributed by atoms with Crippen LogP contribution in [0.15, 0.2) is 18.7 Å². The van der Waals surface area contributed by atoms with Crippen LogP contribution in [0.4, 0.5) is 0 Å². The molecule has 1 unspecified atom stereocenters. The molecular weight excluding hydrogens is 196 g/mol. The predicted molar refractivity (Wildman–Crippen MR) is 69.4 cm³/mol. The average molecular weight is 222 g/mol. The zero-order valence-electron chi connectivity index (χ0n) is 11.1. The molecular formula is C14H26N2. The molecule has 0 fully saturated rings. The Morgan fingerprint density at radius 2 is 1.94 bits per heavy atom. The molecule has 2 heteroatoms. The minimum atomic E-state index is 0.552. The molecule has 1 aromatic rings. The lowest BCUT2D eigenvalue weighted by Gasteiger charge is -2.28. The van der Waals surface area contributed by atoms with Gasteiger partial charge in [-0.15, -0.1) is 0 Å². The molecule has 0 aliphatic rings. The van der Waals surface area contributed by atoms with E-state index in [-0.39, 0.29) is 0 Å². The van der Waals surface area contributed by atoms with Crippen molar-refractivity contribution in [2.75, 3.05) is 0 Å². The lowest BCUT2D eigenvalue weighted by atomic mass is 9.78. The van der Waals surface area contributed by atoms with E-state index in [2.05, 4.69) is 36.5 Å². The third kappa shape index (κ3) is 4.38. The standard InChI is InChI=1S/C14H26N2/c1-4-6-8-14(3,5-2)9-7-11-16-12-10-15-13-16/h10,12-13H,4-9,11H2,1-3H3. The molecule has 2 nitrogen and oxygen atoms in total. The van der Waals surface area contributed by atoms with Crippen LogP contribution < -0.4 is 0 Å². The first kappa shape index (κ1) is 13.3. The SMILES string of the molecule is CCCCC(C)(CC)CCCn1ccnc1. The maximum absolute atomic E-state index is 4.07. The largest absolute Gasteiger partial charge is 0.337 e. The fourth-order valence-corrected chi connectivity index (χ4v) is 2.19. The van der Waals surface area contributed by atoms with E-state index in [1.54, 1.807) is 0 Å². The van der Waals surface area contributed by atoms with Gasteiger partial charge in [-0.2, -0.15) is 0 Å². The fraction of sp³-hybridized carbons (Fsp3) is 0.786. The van der Waals surface area contributed by atoms with Crippen molar-refractivity contribution in [3.8, 4) is 0 Å². The maximum Gasteiger partial charge on any atom is 0.0945 e. The van der Waals surface area contributed by atoms with Crippen LogP contribution in [0.5, 0.6) is 0 Å². The summed E-state index contributed by atoms with van der Waals surface area (Å²) in [4.78, 5) is 4.07. The van der Waals surface area contributed by atoms with Crippen LogP contribution in [-0.2, 0) is 6.54 Å². The Hall–Kier alpha value is -0.790. The van der Waals surface area contributed by atoms with Gasteiger partial charge >= 0.3 is 0 Å². The average Bonchev–Trinajstić information content (AvgIpc) is 2.79. The van der Waals surface area contributed by atoms with E-state index in [1.807, 2.05) is 12.5 Å². The van der Waals surface area contributed by atoms with Gasteiger partial charge in [0.05, 0.1) is 6.33 Å². The normalized spacial score (nSPS) is 14.9. The molecule has 0 N–H and O–H groups in total. The molecule has 0 aromatic carbocycles. The van der Waals surface area contributed by atoms with Gasteiger partial charge in [-0.05, 0) is 24.7 Å². The number of aromatic nitrogens is 2. The van der Waals surface area contributed by atoms with Gasteiger partial charge in [0, 0.05) is 18.9 Å². The van der Waals surface area contributed by atoms with E-state index >= 15 is 0 Å². The van der Waals surface area contributed by atoms with Crippen molar-refractivity contribution >= 4 is 0 Å². The third-order valence-corrected chi connectivity index (χ3v) is 3.74. The molecule has 16 heavy (non-hydrogen) atoms. The van der Waals surface area contributed by atoms with Crippen molar-refractivity contribution in [1.82, 2.24) is 9.55 Å². The Bertz CT molecular complexity index is 266. The van der Waals surface area contributed by atoms with Crippen molar-refractivity contribution in [3.05, 3.63) is 18.7 Å². The highest BCUT2D eigenvalue weighted by molar-refractivity contribution is 4.76. The summed E-state index contributed by atoms with van der Waals surface area (Å²) >= 11 is 0. The summed E-state index contributed by atoms with van der Waals surface area (Å²) in [7, 11) is 0. The summed E-state index contributed by atoms with van der Waals surface area (Å²) in [5, 5.41) is 0. The summed E-state index contributed by atoms with van der Waals surface area (Å²) in [6.45, 7) is 8.16. The second-order valence-corrected chi connectivity index (χ2v) is 5.17. The number of aryl methyl sites for hydroxylation is 1. The monoisotopic (exact) mass is 222 g/mol. The van der Waals surface area contributed by atoms with E-state index in [4.69, 9.17) is 0 Å². The Labute approximate surface area is 100 Å². The molecule has 0 amide bonds. The molecule has 0 aliphatic carbocycles. The van der Waals surface area contributed by atoms with Crippen molar-refractivity contribution < 1.29 is 0 Å². The second kappa shape index (κ2) is 6.72. The molecule has 0 bridgehead atoms. The van der Waals surface area contributed by atoms with Gasteiger partial charge < -0.3 is 4.57 Å². The van der Waals surface area contributed by atoms with Crippen molar-refractivity contribution in [2.24, 2.45) is 5.41 Å². The van der Waals surface area contributed by atoms with Crippen LogP contribution in [0.3, 0.4) is 0 Å². The number of rotatable bonds is 8. The topological polar surface area (TPSA) is 17.8 Å². The van der Waals surface area contributed by atoms with Gasteiger partial charge in [0.1, 0.15) is 0 Å². The molecule has 0 saturated carbocycles. The van der Waals surface area contributed by atoms with E-state index in [1.165, 1.54) is 38.5 Å². The van der Waals surface area contributed by atoms with Crippen LogP contribution in [0.1, 0.15) is 59.3 Å². The Morgan fingerprint density at radius 3 is 2.50 bits per heavy atom. The van der Waals surface area contributed by atoms with Crippen LogP contribution in [0.2, 0.25) is 0 Å². The molecule has 0 spiro atoms. The van der Waals surface area contributed by atoms with Crippen molar-refractivity contribution in [3.63, 3.8) is 0 Å². The Morgan fingerprint density at radius 1 is 1.19 bits per heavy atom. The Kier molecular flexibility index (Phi) is 5.58. The highest BCUT2D eigenvalue weighted by atomic mass is 15.0. The molecule has 0 radical (unpaired) electrons. The molecule has 0 saturated heterocycles. The van der Waals surface area contributed by atoms with Crippen LogP contribution in [0.25, 0.3) is 0 Å². The first-order valence-electron chi connectivity index (χ1n) is 6.66. The summed E-state index contributed by atoms with van der Waals surface area (Å²) in [6, 6.07) is 0. The first-order chi connectivity index (χ1) is 7.70. The summed E-state index contributed by atoms with van der Waals surface area (Å²) < 4.78 is 2.18. The maximum atomic E-state index is 4.07. The number of nitrogens with zero attached hydrogens (tertiary/aromatic N) is 2. The van der Waals surface area contributed by atoms with Crippen molar-refractivity contribution in [2.45, 2.75) is 65.8 Å². The second-order valence-electron chi connectivity index (χ2n) is 5.17. The highest BCUT2D eigenvalue weighted by Gasteiger charge is 2.20. The summed E-state index contributed by atoms with van der Waals surface area (Å²) in [5.41, 5.74) is 0.552. The number of hydrogen-bond donors (Lipinski definition) is 0. The molecule has 0 aliphatic heterocycles. The van der Waals surface area contributed by atoms with Gasteiger partial charge in [-0.25, -0.2) is 4.98 Å². The lowest BCUT2D eigenvalue weighted by Crippen LogP contribution is -2.16. The lowest BCUT2D eigenvalue weighted by molar-refractivity contribution is 0.242. The summed E-state index contributed by atoms with van der Waals surface area (Å²) in [6.07, 6.45) is 13.8.